The molecule has 0 aliphatic rings. The number of amides is 2. The van der Waals surface area contributed by atoms with Crippen LogP contribution in [0, 0.1) is 0 Å². The van der Waals surface area contributed by atoms with Crippen molar-refractivity contribution in [3.8, 4) is 0 Å². The van der Waals surface area contributed by atoms with E-state index in [0.717, 1.165) is 0 Å². The van der Waals surface area contributed by atoms with Gasteiger partial charge in [0.15, 0.2) is 0 Å². The normalized spacial score (nSPS) is 16.0. The van der Waals surface area contributed by atoms with Crippen molar-refractivity contribution in [1.29, 1.82) is 0 Å². The lowest BCUT2D eigenvalue weighted by atomic mass is 10.2. The topological polar surface area (TPSA) is 101 Å². The molecule has 85 valence electrons. The van der Waals surface area contributed by atoms with Crippen LogP contribution in [-0.2, 0) is 14.4 Å². The monoisotopic (exact) mass is 214 g/mol. The minimum absolute atomic E-state index is 0.416. The first-order chi connectivity index (χ1) is 6.88. The maximum atomic E-state index is 11.3. The molecule has 4 N–H and O–H groups in total. The van der Waals surface area contributed by atoms with E-state index in [2.05, 4.69) is 10.6 Å². The third-order valence-electron chi connectivity index (χ3n) is 1.70. The summed E-state index contributed by atoms with van der Waals surface area (Å²) in [6, 6.07) is -2.08. The Bertz CT molecular complexity index is 253. The smallest absolute Gasteiger partial charge is 0.242 e. The van der Waals surface area contributed by atoms with Crippen LogP contribution in [0.5, 0.6) is 0 Å². The van der Waals surface area contributed by atoms with Crippen LogP contribution in [0.25, 0.3) is 0 Å². The van der Waals surface area contributed by atoms with Gasteiger partial charge in [0.25, 0.3) is 0 Å². The number of hydrogen-bond donors (Lipinski definition) is 3. The molecule has 0 aromatic rings. The van der Waals surface area contributed by atoms with E-state index in [-0.39, 0.29) is 0 Å². The number of nitrogens with two attached hydrogens (primary N) is 1. The highest BCUT2D eigenvalue weighted by Crippen LogP contribution is 1.86. The summed E-state index contributed by atoms with van der Waals surface area (Å²) >= 11 is 0. The van der Waals surface area contributed by atoms with E-state index in [1.165, 1.54) is 20.8 Å². The van der Waals surface area contributed by atoms with Crippen LogP contribution in [0.15, 0.2) is 0 Å². The molecule has 0 rings (SSSR count). The molecule has 0 bridgehead atoms. The van der Waals surface area contributed by atoms with Gasteiger partial charge in [0.05, 0.1) is 12.1 Å². The van der Waals surface area contributed by atoms with Crippen LogP contribution in [-0.4, -0.2) is 36.2 Å². The van der Waals surface area contributed by atoms with Gasteiger partial charge in [-0.2, -0.15) is 0 Å². The standard InChI is InChI=1S/C9H16N3O3/c1-5(4-13)11-9(15)7(3)12-8(14)6(2)10/h5-7H,10H2,1-3H3,(H,11,15)(H,12,14). The molecule has 6 heteroatoms. The molecule has 0 fully saturated rings. The van der Waals surface area contributed by atoms with E-state index in [0.29, 0.717) is 0 Å². The van der Waals surface area contributed by atoms with Gasteiger partial charge in [-0.25, -0.2) is 0 Å². The van der Waals surface area contributed by atoms with E-state index in [9.17, 15) is 14.4 Å². The summed E-state index contributed by atoms with van der Waals surface area (Å²) < 4.78 is 0. The second-order valence-corrected chi connectivity index (χ2v) is 3.37. The van der Waals surface area contributed by atoms with Crippen molar-refractivity contribution < 1.29 is 14.4 Å². The minimum Gasteiger partial charge on any atom is -0.344 e. The Balaban J connectivity index is 4.10. The lowest BCUT2D eigenvalue weighted by Crippen LogP contribution is -2.51. The zero-order valence-electron chi connectivity index (χ0n) is 9.03. The van der Waals surface area contributed by atoms with Crippen LogP contribution < -0.4 is 16.4 Å². The van der Waals surface area contributed by atoms with Crippen molar-refractivity contribution in [3.63, 3.8) is 0 Å². The summed E-state index contributed by atoms with van der Waals surface area (Å²) in [7, 11) is 0. The minimum atomic E-state index is -0.723. The zero-order chi connectivity index (χ0) is 12.0. The molecule has 15 heavy (non-hydrogen) atoms. The van der Waals surface area contributed by atoms with E-state index in [1.54, 1.807) is 6.29 Å². The van der Waals surface area contributed by atoms with Gasteiger partial charge < -0.3 is 16.4 Å². The summed E-state index contributed by atoms with van der Waals surface area (Å²) in [6.07, 6.45) is 1.61. The lowest BCUT2D eigenvalue weighted by Gasteiger charge is -2.16. The molecule has 0 aliphatic heterocycles. The van der Waals surface area contributed by atoms with Gasteiger partial charge in [-0.1, -0.05) is 0 Å². The second kappa shape index (κ2) is 6.13. The van der Waals surface area contributed by atoms with Crippen LogP contribution >= 0.6 is 0 Å². The van der Waals surface area contributed by atoms with E-state index in [4.69, 9.17) is 5.73 Å². The fourth-order valence-electron chi connectivity index (χ4n) is 0.778. The van der Waals surface area contributed by atoms with Crippen molar-refractivity contribution in [2.24, 2.45) is 5.73 Å². The van der Waals surface area contributed by atoms with Crippen molar-refractivity contribution in [1.82, 2.24) is 10.6 Å². The average molecular weight is 214 g/mol. The first-order valence-corrected chi connectivity index (χ1v) is 4.62. The van der Waals surface area contributed by atoms with E-state index >= 15 is 0 Å². The van der Waals surface area contributed by atoms with Crippen LogP contribution in [0.3, 0.4) is 0 Å². The predicted molar refractivity (Wildman–Crippen MR) is 54.6 cm³/mol. The summed E-state index contributed by atoms with van der Waals surface area (Å²) in [4.78, 5) is 32.6. The highest BCUT2D eigenvalue weighted by Gasteiger charge is 2.18. The third kappa shape index (κ3) is 5.11. The van der Waals surface area contributed by atoms with Gasteiger partial charge in [0.1, 0.15) is 6.04 Å². The van der Waals surface area contributed by atoms with E-state index in [1.807, 2.05) is 0 Å². The largest absolute Gasteiger partial charge is 0.344 e. The van der Waals surface area contributed by atoms with Crippen molar-refractivity contribution in [2.45, 2.75) is 38.9 Å². The van der Waals surface area contributed by atoms with Gasteiger partial charge in [-0.15, -0.1) is 0 Å². The third-order valence-corrected chi connectivity index (χ3v) is 1.70. The van der Waals surface area contributed by atoms with Gasteiger partial charge >= 0.3 is 0 Å². The Hall–Kier alpha value is -1.43. The average Bonchev–Trinajstić information content (AvgIpc) is 2.16. The Labute approximate surface area is 88.6 Å². The fourth-order valence-corrected chi connectivity index (χ4v) is 0.778. The molecule has 0 aromatic heterocycles. The second-order valence-electron chi connectivity index (χ2n) is 3.37. The zero-order valence-corrected chi connectivity index (χ0v) is 9.03. The maximum absolute atomic E-state index is 11.3. The number of rotatable bonds is 5. The highest BCUT2D eigenvalue weighted by atomic mass is 16.2. The van der Waals surface area contributed by atoms with Crippen molar-refractivity contribution in [2.75, 3.05) is 0 Å². The molecular formula is C9H16N3O3. The fraction of sp³-hybridized carbons (Fsp3) is 0.667. The molecule has 3 atom stereocenters. The summed E-state index contributed by atoms with van der Waals surface area (Å²) in [5.41, 5.74) is 5.31. The molecule has 2 amide bonds. The van der Waals surface area contributed by atoms with Gasteiger partial charge in [-0.05, 0) is 20.8 Å². The Morgan fingerprint density at radius 2 is 1.67 bits per heavy atom. The first-order valence-electron chi connectivity index (χ1n) is 4.62. The summed E-state index contributed by atoms with van der Waals surface area (Å²) in [5.74, 6) is -0.861. The van der Waals surface area contributed by atoms with E-state index < -0.39 is 29.9 Å². The molecule has 0 saturated heterocycles. The quantitative estimate of drug-likeness (QED) is 0.516. The number of carbonyl (C=O) groups excluding carboxylic acids is 3. The molecule has 0 spiro atoms. The lowest BCUT2D eigenvalue weighted by molar-refractivity contribution is -0.129. The molecule has 1 radical (unpaired) electrons. The molecule has 0 aliphatic carbocycles. The van der Waals surface area contributed by atoms with Crippen LogP contribution in [0.2, 0.25) is 0 Å². The van der Waals surface area contributed by atoms with Gasteiger partial charge in [0, 0.05) is 0 Å². The summed E-state index contributed by atoms with van der Waals surface area (Å²) in [6.45, 7) is 4.51. The SMILES string of the molecule is CC([C]=O)NC(=O)C(C)NC(=O)C(C)N. The van der Waals surface area contributed by atoms with Crippen LogP contribution in [0.4, 0.5) is 0 Å². The number of carbonyl (C=O) groups is 2. The number of hydrogen-bond acceptors (Lipinski definition) is 4. The Morgan fingerprint density at radius 1 is 1.13 bits per heavy atom. The van der Waals surface area contributed by atoms with Crippen LogP contribution in [0.1, 0.15) is 20.8 Å². The molecule has 0 saturated carbocycles. The molecule has 6 nitrogen and oxygen atoms in total. The molecule has 0 aromatic carbocycles. The molecular weight excluding hydrogens is 198 g/mol. The van der Waals surface area contributed by atoms with Crippen molar-refractivity contribution in [3.05, 3.63) is 0 Å². The molecule has 0 heterocycles. The Morgan fingerprint density at radius 3 is 2.07 bits per heavy atom. The molecule has 3 unspecified atom stereocenters. The van der Waals surface area contributed by atoms with Crippen molar-refractivity contribution >= 4 is 18.1 Å². The first kappa shape index (κ1) is 13.6. The Kier molecular flexibility index (Phi) is 5.54. The van der Waals surface area contributed by atoms with Gasteiger partial charge in [-0.3, -0.25) is 14.4 Å². The van der Waals surface area contributed by atoms with Gasteiger partial charge in [0.2, 0.25) is 18.1 Å². The number of nitrogens with one attached hydrogen (secondary N) is 2. The highest BCUT2D eigenvalue weighted by molar-refractivity contribution is 5.90. The predicted octanol–water partition coefficient (Wildman–Crippen LogP) is -1.55. The maximum Gasteiger partial charge on any atom is 0.242 e. The summed E-state index contributed by atoms with van der Waals surface area (Å²) in [5, 5.41) is 4.76.